The van der Waals surface area contributed by atoms with E-state index < -0.39 is 51.3 Å². The van der Waals surface area contributed by atoms with E-state index >= 15 is 0 Å². The Hall–Kier alpha value is -4.61. The van der Waals surface area contributed by atoms with E-state index in [1.165, 1.54) is 43.3 Å². The molecule has 1 atom stereocenters. The number of rotatable bonds is 3. The zero-order valence-electron chi connectivity index (χ0n) is 17.9. The van der Waals surface area contributed by atoms with Crippen molar-refractivity contribution in [3.8, 4) is 11.4 Å². The molecule has 0 saturated heterocycles. The summed E-state index contributed by atoms with van der Waals surface area (Å²) in [4.78, 5) is 54.0. The van der Waals surface area contributed by atoms with Crippen LogP contribution in [0.5, 0.6) is 0 Å². The van der Waals surface area contributed by atoms with E-state index in [0.717, 1.165) is 9.25 Å². The summed E-state index contributed by atoms with van der Waals surface area (Å²) in [6.45, 7) is 1.20. The number of hydrogen-bond acceptors (Lipinski definition) is 4. The van der Waals surface area contributed by atoms with Gasteiger partial charge < -0.3 is 5.32 Å². The minimum Gasteiger partial charge on any atom is -0.310 e. The Bertz CT molecular complexity index is 1650. The lowest BCUT2D eigenvalue weighted by atomic mass is 9.75. The van der Waals surface area contributed by atoms with Crippen molar-refractivity contribution in [1.29, 1.82) is 0 Å². The predicted molar refractivity (Wildman–Crippen MR) is 119 cm³/mol. The van der Waals surface area contributed by atoms with Crippen LogP contribution >= 0.6 is 0 Å². The number of nitrogens with zero attached hydrogens (tertiary/aromatic N) is 2. The van der Waals surface area contributed by atoms with Gasteiger partial charge in [-0.1, -0.05) is 36.4 Å². The summed E-state index contributed by atoms with van der Waals surface area (Å²) in [7, 11) is 0. The number of fused-ring (bicyclic) bond motifs is 1. The van der Waals surface area contributed by atoms with Crippen LogP contribution in [0.4, 0.5) is 19.0 Å². The van der Waals surface area contributed by atoms with Gasteiger partial charge in [-0.05, 0) is 31.2 Å². The maximum Gasteiger partial charge on any atom is 0.411 e. The fraction of sp³-hybridized carbons (Fsp3) is 0.130. The number of benzene rings is 2. The fourth-order valence-electron chi connectivity index (χ4n) is 4.54. The van der Waals surface area contributed by atoms with Crippen LogP contribution < -0.4 is 22.1 Å². The second-order valence-electron chi connectivity index (χ2n) is 7.94. The van der Waals surface area contributed by atoms with Gasteiger partial charge in [-0.3, -0.25) is 24.5 Å². The average molecular weight is 483 g/mol. The quantitative estimate of drug-likeness (QED) is 0.413. The molecule has 1 aliphatic heterocycles. The number of alkyl halides is 3. The van der Waals surface area contributed by atoms with Crippen molar-refractivity contribution in [2.75, 3.05) is 5.32 Å². The van der Waals surface area contributed by atoms with Crippen LogP contribution in [0.3, 0.4) is 0 Å². The summed E-state index contributed by atoms with van der Waals surface area (Å²) in [6.07, 6.45) is -5.42. The lowest BCUT2D eigenvalue weighted by Crippen LogP contribution is -2.54. The summed E-state index contributed by atoms with van der Waals surface area (Å²) in [5, 5.41) is 4.64. The zero-order valence-corrected chi connectivity index (χ0v) is 17.9. The van der Waals surface area contributed by atoms with Gasteiger partial charge in [0.1, 0.15) is 5.82 Å². The summed E-state index contributed by atoms with van der Waals surface area (Å²) in [5.74, 6) is -2.32. The summed E-state index contributed by atoms with van der Waals surface area (Å²) in [5.41, 5.74) is -9.29. The molecular weight excluding hydrogens is 467 g/mol. The first kappa shape index (κ1) is 22.2. The van der Waals surface area contributed by atoms with Gasteiger partial charge >= 0.3 is 11.9 Å². The molecule has 35 heavy (non-hydrogen) atoms. The summed E-state index contributed by atoms with van der Waals surface area (Å²) in [6, 6.07) is 15.3. The van der Waals surface area contributed by atoms with Gasteiger partial charge in [0.25, 0.3) is 17.0 Å². The van der Waals surface area contributed by atoms with E-state index in [9.17, 15) is 32.3 Å². The molecule has 0 unspecified atom stereocenters. The van der Waals surface area contributed by atoms with Crippen LogP contribution in [0.25, 0.3) is 11.4 Å². The van der Waals surface area contributed by atoms with Crippen LogP contribution in [0.15, 0.2) is 75.0 Å². The Morgan fingerprint density at radius 2 is 1.40 bits per heavy atom. The Morgan fingerprint density at radius 1 is 0.829 bits per heavy atom. The number of aromatic amines is 2. The third-order valence-electron chi connectivity index (χ3n) is 5.96. The number of nitrogens with one attached hydrogen (secondary N) is 3. The SMILES string of the molecule is Cc1[nH]n(-c2ccccc2)c(=O)c1[C@]1(C(F)(F)F)C(=O)Nc2c1c(=O)[nH]c(=O)n2-c1ccccc1. The average Bonchev–Trinajstić information content (AvgIpc) is 3.28. The van der Waals surface area contributed by atoms with E-state index in [1.807, 2.05) is 4.98 Å². The van der Waals surface area contributed by atoms with Gasteiger partial charge in [-0.25, -0.2) is 14.0 Å². The van der Waals surface area contributed by atoms with Crippen LogP contribution in [0.1, 0.15) is 16.8 Å². The number of para-hydroxylation sites is 2. The van der Waals surface area contributed by atoms with Crippen molar-refractivity contribution in [2.24, 2.45) is 0 Å². The third kappa shape index (κ3) is 2.95. The van der Waals surface area contributed by atoms with Gasteiger partial charge in [0.15, 0.2) is 0 Å². The van der Waals surface area contributed by atoms with Gasteiger partial charge in [0.2, 0.25) is 5.41 Å². The Labute approximate surface area is 193 Å². The highest BCUT2D eigenvalue weighted by atomic mass is 19.4. The van der Waals surface area contributed by atoms with E-state index in [1.54, 1.807) is 24.3 Å². The second-order valence-corrected chi connectivity index (χ2v) is 7.94. The first-order chi connectivity index (χ1) is 16.6. The molecule has 2 aromatic heterocycles. The van der Waals surface area contributed by atoms with Crippen molar-refractivity contribution in [1.82, 2.24) is 19.3 Å². The number of carbonyl (C=O) groups is 1. The normalized spacial score (nSPS) is 17.3. The number of aryl methyl sites for hydroxylation is 1. The topological polar surface area (TPSA) is 122 Å². The van der Waals surface area contributed by atoms with Gasteiger partial charge in [0.05, 0.1) is 22.5 Å². The molecule has 12 heteroatoms. The maximum absolute atomic E-state index is 15.0. The standard InChI is InChI=1S/C23H16F3N5O4/c1-12-15(19(33)31(29-12)14-10-6-3-7-11-14)22(23(24,25)26)16-17(27-20(22)34)30(21(35)28-18(16)32)13-8-4-2-5-9-13/h2-11,29H,1H3,(H,27,34)(H,28,32,35)/t22-/m1/s1. The molecule has 0 saturated carbocycles. The largest absolute Gasteiger partial charge is 0.411 e. The van der Waals surface area contributed by atoms with E-state index in [0.29, 0.717) is 0 Å². The number of halogens is 3. The molecule has 0 aliphatic carbocycles. The Balaban J connectivity index is 1.92. The zero-order chi connectivity index (χ0) is 25.1. The number of H-pyrrole nitrogens is 2. The Morgan fingerprint density at radius 3 is 1.97 bits per heavy atom. The van der Waals surface area contributed by atoms with Crippen molar-refractivity contribution in [3.05, 3.63) is 109 Å². The first-order valence-corrected chi connectivity index (χ1v) is 10.3. The highest BCUT2D eigenvalue weighted by Crippen LogP contribution is 2.51. The number of anilines is 1. The van der Waals surface area contributed by atoms with Crippen LogP contribution in [-0.4, -0.2) is 31.4 Å². The smallest absolute Gasteiger partial charge is 0.310 e. The molecule has 2 aromatic carbocycles. The van der Waals surface area contributed by atoms with Crippen molar-refractivity contribution in [3.63, 3.8) is 0 Å². The number of amides is 1. The molecule has 0 spiro atoms. The fourth-order valence-corrected chi connectivity index (χ4v) is 4.54. The third-order valence-corrected chi connectivity index (χ3v) is 5.96. The van der Waals surface area contributed by atoms with Crippen LogP contribution in [-0.2, 0) is 10.2 Å². The lowest BCUT2D eigenvalue weighted by molar-refractivity contribution is -0.181. The molecule has 0 fully saturated rings. The van der Waals surface area contributed by atoms with Crippen LogP contribution in [0, 0.1) is 6.92 Å². The van der Waals surface area contributed by atoms with Gasteiger partial charge in [0, 0.05) is 5.69 Å². The first-order valence-electron chi connectivity index (χ1n) is 10.3. The Kier molecular flexibility index (Phi) is 4.72. The molecule has 1 amide bonds. The summed E-state index contributed by atoms with van der Waals surface area (Å²) < 4.78 is 46.5. The van der Waals surface area contributed by atoms with Gasteiger partial charge in [-0.2, -0.15) is 13.2 Å². The number of aromatic nitrogens is 4. The molecule has 3 N–H and O–H groups in total. The molecule has 9 nitrogen and oxygen atoms in total. The monoisotopic (exact) mass is 483 g/mol. The predicted octanol–water partition coefficient (Wildman–Crippen LogP) is 2.11. The highest BCUT2D eigenvalue weighted by molar-refractivity contribution is 6.09. The van der Waals surface area contributed by atoms with Crippen molar-refractivity contribution >= 4 is 11.7 Å². The molecule has 5 rings (SSSR count). The summed E-state index contributed by atoms with van der Waals surface area (Å²) >= 11 is 0. The van der Waals surface area contributed by atoms with Gasteiger partial charge in [-0.15, -0.1) is 0 Å². The molecule has 178 valence electrons. The van der Waals surface area contributed by atoms with Crippen molar-refractivity contribution in [2.45, 2.75) is 18.5 Å². The molecule has 0 bridgehead atoms. The van der Waals surface area contributed by atoms with E-state index in [4.69, 9.17) is 0 Å². The minimum atomic E-state index is -5.42. The molecule has 0 radical (unpaired) electrons. The maximum atomic E-state index is 15.0. The number of carbonyl (C=O) groups excluding carboxylic acids is 1. The molecular formula is C23H16F3N5O4. The van der Waals surface area contributed by atoms with Crippen LogP contribution in [0.2, 0.25) is 0 Å². The molecule has 4 aromatic rings. The van der Waals surface area contributed by atoms with E-state index in [2.05, 4.69) is 10.4 Å². The molecule has 1 aliphatic rings. The van der Waals surface area contributed by atoms with E-state index in [-0.39, 0.29) is 17.1 Å². The second kappa shape index (κ2) is 7.45. The van der Waals surface area contributed by atoms with Crippen molar-refractivity contribution < 1.29 is 18.0 Å². The molecule has 3 heterocycles. The number of hydrogen-bond donors (Lipinski definition) is 3. The highest BCUT2D eigenvalue weighted by Gasteiger charge is 2.70. The lowest BCUT2D eigenvalue weighted by Gasteiger charge is -2.28. The minimum absolute atomic E-state index is 0.107.